The van der Waals surface area contributed by atoms with Gasteiger partial charge < -0.3 is 11.1 Å². The maximum atomic E-state index is 12.3. The third-order valence-corrected chi connectivity index (χ3v) is 4.59. The van der Waals surface area contributed by atoms with Crippen LogP contribution >= 0.6 is 0 Å². The van der Waals surface area contributed by atoms with E-state index in [1.165, 1.54) is 18.4 Å². The molecule has 0 unspecified atom stereocenters. The first-order chi connectivity index (χ1) is 10.2. The molecule has 0 atom stereocenters. The molecule has 21 heavy (non-hydrogen) atoms. The van der Waals surface area contributed by atoms with Crippen molar-refractivity contribution < 1.29 is 4.79 Å². The molecule has 3 N–H and O–H groups in total. The third kappa shape index (κ3) is 4.85. The molecule has 0 bridgehead atoms. The van der Waals surface area contributed by atoms with Crippen LogP contribution in [0.4, 0.5) is 5.69 Å². The number of anilines is 1. The summed E-state index contributed by atoms with van der Waals surface area (Å²) in [5, 5.41) is 3.06. The first kappa shape index (κ1) is 16.0. The lowest BCUT2D eigenvalue weighted by atomic mass is 9.81. The second-order valence-corrected chi connectivity index (χ2v) is 6.24. The molecule has 0 aliphatic heterocycles. The van der Waals surface area contributed by atoms with Crippen molar-refractivity contribution in [3.8, 4) is 0 Å². The zero-order chi connectivity index (χ0) is 15.1. The number of hydrogen-bond donors (Lipinski definition) is 2. The number of aryl methyl sites for hydroxylation is 1. The topological polar surface area (TPSA) is 55.1 Å². The Morgan fingerprint density at radius 1 is 1.19 bits per heavy atom. The molecule has 0 heterocycles. The fourth-order valence-corrected chi connectivity index (χ4v) is 3.04. The summed E-state index contributed by atoms with van der Waals surface area (Å²) in [7, 11) is 0. The normalized spacial score (nSPS) is 22.0. The van der Waals surface area contributed by atoms with E-state index in [1.807, 2.05) is 12.1 Å². The molecular formula is C18H28N2O. The molecule has 1 amide bonds. The van der Waals surface area contributed by atoms with Crippen LogP contribution in [0, 0.1) is 11.8 Å². The Hall–Kier alpha value is -1.35. The van der Waals surface area contributed by atoms with E-state index in [9.17, 15) is 4.79 Å². The summed E-state index contributed by atoms with van der Waals surface area (Å²) in [5.74, 6) is 0.950. The average molecular weight is 288 g/mol. The van der Waals surface area contributed by atoms with Gasteiger partial charge in [-0.25, -0.2) is 0 Å². The van der Waals surface area contributed by atoms with Gasteiger partial charge in [-0.15, -0.1) is 0 Å². The van der Waals surface area contributed by atoms with Gasteiger partial charge in [0.2, 0.25) is 5.91 Å². The van der Waals surface area contributed by atoms with Crippen molar-refractivity contribution in [1.29, 1.82) is 0 Å². The lowest BCUT2D eigenvalue weighted by Crippen LogP contribution is -2.29. The van der Waals surface area contributed by atoms with Crippen molar-refractivity contribution in [2.24, 2.45) is 17.6 Å². The van der Waals surface area contributed by atoms with E-state index in [2.05, 4.69) is 24.4 Å². The molecule has 0 saturated heterocycles. The standard InChI is InChI=1S/C18H28N2O/c1-2-3-4-14-7-11-17(12-8-14)20-18(21)16-9-5-15(13-19)6-10-16/h7-8,11-12,15-16H,2-6,9-10,13,19H2,1H3,(H,20,21). The number of amides is 1. The van der Waals surface area contributed by atoms with E-state index in [4.69, 9.17) is 5.73 Å². The van der Waals surface area contributed by atoms with Crippen molar-refractivity contribution in [3.05, 3.63) is 29.8 Å². The van der Waals surface area contributed by atoms with Crippen molar-refractivity contribution in [3.63, 3.8) is 0 Å². The summed E-state index contributed by atoms with van der Waals surface area (Å²) in [6.07, 6.45) is 7.67. The highest BCUT2D eigenvalue weighted by Crippen LogP contribution is 2.29. The van der Waals surface area contributed by atoms with E-state index in [1.54, 1.807) is 0 Å². The average Bonchev–Trinajstić information content (AvgIpc) is 2.54. The van der Waals surface area contributed by atoms with Gasteiger partial charge in [0.25, 0.3) is 0 Å². The predicted molar refractivity (Wildman–Crippen MR) is 88.2 cm³/mol. The summed E-state index contributed by atoms with van der Waals surface area (Å²) in [5.41, 5.74) is 7.96. The molecule has 1 aliphatic rings. The zero-order valence-electron chi connectivity index (χ0n) is 13.1. The Balaban J connectivity index is 1.82. The number of rotatable bonds is 6. The Morgan fingerprint density at radius 2 is 1.86 bits per heavy atom. The fraction of sp³-hybridized carbons (Fsp3) is 0.611. The van der Waals surface area contributed by atoms with Crippen LogP contribution in [0.5, 0.6) is 0 Å². The fourth-order valence-electron chi connectivity index (χ4n) is 3.04. The minimum Gasteiger partial charge on any atom is -0.330 e. The maximum absolute atomic E-state index is 12.3. The lowest BCUT2D eigenvalue weighted by Gasteiger charge is -2.26. The van der Waals surface area contributed by atoms with Gasteiger partial charge in [-0.2, -0.15) is 0 Å². The summed E-state index contributed by atoms with van der Waals surface area (Å²) in [6.45, 7) is 2.96. The molecule has 3 nitrogen and oxygen atoms in total. The monoisotopic (exact) mass is 288 g/mol. The smallest absolute Gasteiger partial charge is 0.227 e. The van der Waals surface area contributed by atoms with Crippen LogP contribution in [0.25, 0.3) is 0 Å². The van der Waals surface area contributed by atoms with Crippen LogP contribution in [0.2, 0.25) is 0 Å². The highest BCUT2D eigenvalue weighted by molar-refractivity contribution is 5.92. The second-order valence-electron chi connectivity index (χ2n) is 6.24. The molecular weight excluding hydrogens is 260 g/mol. The maximum Gasteiger partial charge on any atom is 0.227 e. The number of nitrogens with one attached hydrogen (secondary N) is 1. The summed E-state index contributed by atoms with van der Waals surface area (Å²) in [4.78, 5) is 12.3. The number of hydrogen-bond acceptors (Lipinski definition) is 2. The number of carbonyl (C=O) groups is 1. The van der Waals surface area contributed by atoms with Gasteiger partial charge in [0, 0.05) is 11.6 Å². The number of carbonyl (C=O) groups excluding carboxylic acids is 1. The van der Waals surface area contributed by atoms with E-state index in [0.29, 0.717) is 5.92 Å². The minimum atomic E-state index is 0.160. The molecule has 3 heteroatoms. The molecule has 1 aliphatic carbocycles. The molecule has 116 valence electrons. The van der Waals surface area contributed by atoms with Crippen LogP contribution < -0.4 is 11.1 Å². The van der Waals surface area contributed by atoms with E-state index in [-0.39, 0.29) is 11.8 Å². The SMILES string of the molecule is CCCCc1ccc(NC(=O)C2CCC(CN)CC2)cc1. The van der Waals surface area contributed by atoms with Gasteiger partial charge in [0.1, 0.15) is 0 Å². The van der Waals surface area contributed by atoms with Crippen molar-refractivity contribution in [1.82, 2.24) is 0 Å². The summed E-state index contributed by atoms with van der Waals surface area (Å²) >= 11 is 0. The first-order valence-electron chi connectivity index (χ1n) is 8.32. The Kier molecular flexibility index (Phi) is 6.24. The van der Waals surface area contributed by atoms with E-state index in [0.717, 1.165) is 44.3 Å². The number of nitrogens with two attached hydrogens (primary N) is 1. The van der Waals surface area contributed by atoms with Gasteiger partial charge in [0.15, 0.2) is 0 Å². The molecule has 0 spiro atoms. The van der Waals surface area contributed by atoms with Crippen LogP contribution in [-0.2, 0) is 11.2 Å². The Bertz CT molecular complexity index is 433. The summed E-state index contributed by atoms with van der Waals surface area (Å²) in [6, 6.07) is 8.29. The van der Waals surface area contributed by atoms with Crippen LogP contribution in [-0.4, -0.2) is 12.5 Å². The van der Waals surface area contributed by atoms with Crippen LogP contribution in [0.3, 0.4) is 0 Å². The van der Waals surface area contributed by atoms with E-state index >= 15 is 0 Å². The molecule has 1 aromatic carbocycles. The molecule has 1 fully saturated rings. The summed E-state index contributed by atoms with van der Waals surface area (Å²) < 4.78 is 0. The van der Waals surface area contributed by atoms with Crippen molar-refractivity contribution in [2.75, 3.05) is 11.9 Å². The predicted octanol–water partition coefficient (Wildman–Crippen LogP) is 3.73. The number of benzene rings is 1. The Morgan fingerprint density at radius 3 is 2.43 bits per heavy atom. The van der Waals surface area contributed by atoms with Crippen molar-refractivity contribution in [2.45, 2.75) is 51.9 Å². The quantitative estimate of drug-likeness (QED) is 0.838. The van der Waals surface area contributed by atoms with Crippen LogP contribution in [0.15, 0.2) is 24.3 Å². The first-order valence-corrected chi connectivity index (χ1v) is 8.32. The van der Waals surface area contributed by atoms with E-state index < -0.39 is 0 Å². The minimum absolute atomic E-state index is 0.160. The van der Waals surface area contributed by atoms with Gasteiger partial charge in [0.05, 0.1) is 0 Å². The highest BCUT2D eigenvalue weighted by Gasteiger charge is 2.25. The van der Waals surface area contributed by atoms with Crippen LogP contribution in [0.1, 0.15) is 51.0 Å². The zero-order valence-corrected chi connectivity index (χ0v) is 13.1. The molecule has 1 aromatic rings. The third-order valence-electron chi connectivity index (χ3n) is 4.59. The highest BCUT2D eigenvalue weighted by atomic mass is 16.1. The lowest BCUT2D eigenvalue weighted by molar-refractivity contribution is -0.121. The van der Waals surface area contributed by atoms with Gasteiger partial charge in [-0.3, -0.25) is 4.79 Å². The number of unbranched alkanes of at least 4 members (excludes halogenated alkanes) is 1. The Labute approximate surface area is 128 Å². The molecule has 0 radical (unpaired) electrons. The van der Waals surface area contributed by atoms with Gasteiger partial charge in [-0.05, 0) is 68.7 Å². The van der Waals surface area contributed by atoms with Crippen molar-refractivity contribution >= 4 is 11.6 Å². The second kappa shape index (κ2) is 8.18. The van der Waals surface area contributed by atoms with Gasteiger partial charge in [-0.1, -0.05) is 25.5 Å². The van der Waals surface area contributed by atoms with Gasteiger partial charge >= 0.3 is 0 Å². The molecule has 1 saturated carbocycles. The molecule has 2 rings (SSSR count). The molecule has 0 aromatic heterocycles. The largest absolute Gasteiger partial charge is 0.330 e.